The van der Waals surface area contributed by atoms with Crippen LogP contribution in [0.15, 0.2) is 0 Å². The maximum atomic E-state index is 6.92. The zero-order chi connectivity index (χ0) is 20.0. The fourth-order valence-electron chi connectivity index (χ4n) is 10.3. The maximum Gasteiger partial charge on any atom is 0.171 e. The molecule has 0 bridgehead atoms. The lowest BCUT2D eigenvalue weighted by Gasteiger charge is -2.61. The molecule has 6 rings (SSSR count). The zero-order valence-electron chi connectivity index (χ0n) is 19.4. The van der Waals surface area contributed by atoms with Crippen LogP contribution in [-0.2, 0) is 9.47 Å². The van der Waals surface area contributed by atoms with Crippen LogP contribution in [0.4, 0.5) is 0 Å². The average Bonchev–Trinajstić information content (AvgIpc) is 3.15. The summed E-state index contributed by atoms with van der Waals surface area (Å²) in [7, 11) is 0. The molecule has 4 aliphatic carbocycles. The Labute approximate surface area is 178 Å². The van der Waals surface area contributed by atoms with Gasteiger partial charge < -0.3 is 9.47 Å². The van der Waals surface area contributed by atoms with Crippen LogP contribution in [-0.4, -0.2) is 18.5 Å². The van der Waals surface area contributed by atoms with E-state index in [9.17, 15) is 0 Å². The molecule has 2 saturated heterocycles. The predicted molar refractivity (Wildman–Crippen MR) is 116 cm³/mol. The van der Waals surface area contributed by atoms with E-state index in [-0.39, 0.29) is 5.79 Å². The maximum absolute atomic E-state index is 6.92. The third-order valence-electron chi connectivity index (χ3n) is 11.9. The summed E-state index contributed by atoms with van der Waals surface area (Å²) in [6.45, 7) is 11.1. The molecular weight excluding hydrogens is 356 g/mol. The number of ether oxygens (including phenoxy) is 2. The molecule has 6 fully saturated rings. The van der Waals surface area contributed by atoms with Crippen LogP contribution in [0.3, 0.4) is 0 Å². The van der Waals surface area contributed by atoms with Crippen molar-refractivity contribution in [1.82, 2.24) is 0 Å². The highest BCUT2D eigenvalue weighted by Gasteiger charge is 2.68. The summed E-state index contributed by atoms with van der Waals surface area (Å²) < 4.78 is 13.4. The Morgan fingerprint density at radius 1 is 0.793 bits per heavy atom. The molecule has 0 aromatic carbocycles. The molecular formula is C27H44O2. The van der Waals surface area contributed by atoms with Gasteiger partial charge in [-0.1, -0.05) is 40.5 Å². The Morgan fingerprint density at radius 2 is 1.66 bits per heavy atom. The van der Waals surface area contributed by atoms with Gasteiger partial charge in [-0.15, -0.1) is 0 Å². The molecule has 0 aromatic rings. The van der Waals surface area contributed by atoms with Crippen LogP contribution in [0, 0.1) is 52.3 Å². The number of rotatable bonds is 0. The topological polar surface area (TPSA) is 18.5 Å². The van der Waals surface area contributed by atoms with Gasteiger partial charge in [0.1, 0.15) is 0 Å². The molecule has 29 heavy (non-hydrogen) atoms. The van der Waals surface area contributed by atoms with E-state index in [1.54, 1.807) is 0 Å². The van der Waals surface area contributed by atoms with E-state index in [0.29, 0.717) is 28.8 Å². The van der Waals surface area contributed by atoms with Crippen molar-refractivity contribution in [2.75, 3.05) is 6.61 Å². The molecule has 11 atom stereocenters. The van der Waals surface area contributed by atoms with Crippen LogP contribution >= 0.6 is 0 Å². The van der Waals surface area contributed by atoms with Crippen LogP contribution in [0.25, 0.3) is 0 Å². The summed E-state index contributed by atoms with van der Waals surface area (Å²) >= 11 is 0. The predicted octanol–water partition coefficient (Wildman–Crippen LogP) is 6.82. The van der Waals surface area contributed by atoms with E-state index >= 15 is 0 Å². The van der Waals surface area contributed by atoms with Gasteiger partial charge in [0.15, 0.2) is 5.79 Å². The van der Waals surface area contributed by atoms with Gasteiger partial charge in [-0.2, -0.15) is 0 Å². The summed E-state index contributed by atoms with van der Waals surface area (Å²) in [5.74, 6) is 5.62. The van der Waals surface area contributed by atoms with Crippen molar-refractivity contribution in [1.29, 1.82) is 0 Å². The second-order valence-electron chi connectivity index (χ2n) is 12.9. The summed E-state index contributed by atoms with van der Waals surface area (Å²) in [4.78, 5) is 0. The normalized spacial score (nSPS) is 61.7. The van der Waals surface area contributed by atoms with Gasteiger partial charge in [-0.3, -0.25) is 0 Å². The fraction of sp³-hybridized carbons (Fsp3) is 1.00. The van der Waals surface area contributed by atoms with Crippen molar-refractivity contribution < 1.29 is 9.47 Å². The quantitative estimate of drug-likeness (QED) is 0.444. The summed E-state index contributed by atoms with van der Waals surface area (Å²) in [6.07, 6.45) is 16.2. The van der Waals surface area contributed by atoms with Crippen molar-refractivity contribution in [2.45, 2.75) is 110 Å². The van der Waals surface area contributed by atoms with Gasteiger partial charge in [0, 0.05) is 12.3 Å². The van der Waals surface area contributed by atoms with E-state index in [1.165, 1.54) is 64.2 Å². The van der Waals surface area contributed by atoms with Crippen molar-refractivity contribution in [3.8, 4) is 0 Å². The standard InChI is InChI=1S/C27H44O2/c1-17-10-14-27(28-16-17)18(2)24-23(29-27)15-22-20-9-8-19-7-5-6-12-25(19,3)21(20)11-13-26(22,24)4/h17-24H,5-16H2,1-4H3/t17-,18-,19-,20+,21-,22-,23-,24-,25-,26-,27+/m0/s1. The van der Waals surface area contributed by atoms with Crippen LogP contribution in [0.5, 0.6) is 0 Å². The van der Waals surface area contributed by atoms with E-state index in [1.807, 2.05) is 0 Å². The van der Waals surface area contributed by atoms with Gasteiger partial charge in [-0.05, 0) is 97.7 Å². The van der Waals surface area contributed by atoms with Gasteiger partial charge in [0.2, 0.25) is 0 Å². The molecule has 164 valence electrons. The first-order valence-corrected chi connectivity index (χ1v) is 13.2. The molecule has 0 radical (unpaired) electrons. The molecule has 2 heteroatoms. The minimum Gasteiger partial charge on any atom is -0.349 e. The van der Waals surface area contributed by atoms with E-state index < -0.39 is 0 Å². The first kappa shape index (κ1) is 19.6. The smallest absolute Gasteiger partial charge is 0.171 e. The largest absolute Gasteiger partial charge is 0.349 e. The molecule has 2 nitrogen and oxygen atoms in total. The molecule has 0 N–H and O–H groups in total. The Bertz CT molecular complexity index is 651. The third kappa shape index (κ3) is 2.54. The lowest BCUT2D eigenvalue weighted by Crippen LogP contribution is -2.54. The van der Waals surface area contributed by atoms with Crippen molar-refractivity contribution >= 4 is 0 Å². The average molecular weight is 401 g/mol. The van der Waals surface area contributed by atoms with Crippen molar-refractivity contribution in [2.24, 2.45) is 52.3 Å². The highest BCUT2D eigenvalue weighted by molar-refractivity contribution is 5.15. The van der Waals surface area contributed by atoms with Gasteiger partial charge in [0.05, 0.1) is 12.7 Å². The van der Waals surface area contributed by atoms with Crippen LogP contribution in [0.1, 0.15) is 98.3 Å². The molecule has 1 spiro atoms. The summed E-state index contributed by atoms with van der Waals surface area (Å²) in [6, 6.07) is 0. The minimum absolute atomic E-state index is 0.250. The fourth-order valence-corrected chi connectivity index (χ4v) is 10.3. The van der Waals surface area contributed by atoms with Crippen molar-refractivity contribution in [3.05, 3.63) is 0 Å². The Balaban J connectivity index is 1.27. The first-order valence-electron chi connectivity index (χ1n) is 13.2. The second-order valence-corrected chi connectivity index (χ2v) is 12.9. The zero-order valence-corrected chi connectivity index (χ0v) is 19.4. The number of hydrogen-bond acceptors (Lipinski definition) is 2. The highest BCUT2D eigenvalue weighted by Crippen LogP contribution is 2.71. The molecule has 2 aliphatic heterocycles. The van der Waals surface area contributed by atoms with Crippen LogP contribution in [0.2, 0.25) is 0 Å². The van der Waals surface area contributed by atoms with Gasteiger partial charge in [0.25, 0.3) is 0 Å². The SMILES string of the molecule is C[C@H]1CC[C@@]2(OC1)O[C@H]1C[C@H]3[C@@H]4CC[C@@H]5CCCC[C@]5(C)[C@H]4CC[C@]3(C)[C@H]1[C@@H]2C. The van der Waals surface area contributed by atoms with E-state index in [2.05, 4.69) is 27.7 Å². The monoisotopic (exact) mass is 400 g/mol. The molecule has 4 saturated carbocycles. The third-order valence-corrected chi connectivity index (χ3v) is 11.9. The van der Waals surface area contributed by atoms with E-state index in [0.717, 1.165) is 42.6 Å². The Kier molecular flexibility index (Phi) is 4.37. The Hall–Kier alpha value is -0.0800. The summed E-state index contributed by atoms with van der Waals surface area (Å²) in [5.41, 5.74) is 1.13. The first-order chi connectivity index (χ1) is 13.9. The lowest BCUT2D eigenvalue weighted by molar-refractivity contribution is -0.273. The minimum atomic E-state index is -0.250. The summed E-state index contributed by atoms with van der Waals surface area (Å²) in [5, 5.41) is 0. The molecule has 2 heterocycles. The molecule has 0 aromatic heterocycles. The van der Waals surface area contributed by atoms with Gasteiger partial charge in [-0.25, -0.2) is 0 Å². The molecule has 0 amide bonds. The Morgan fingerprint density at radius 3 is 2.45 bits per heavy atom. The molecule has 6 aliphatic rings. The van der Waals surface area contributed by atoms with Crippen molar-refractivity contribution in [3.63, 3.8) is 0 Å². The molecule has 0 unspecified atom stereocenters. The van der Waals surface area contributed by atoms with Gasteiger partial charge >= 0.3 is 0 Å². The number of hydrogen-bond donors (Lipinski definition) is 0. The van der Waals surface area contributed by atoms with E-state index in [4.69, 9.17) is 9.47 Å². The number of fused-ring (bicyclic) bond motifs is 7. The lowest BCUT2D eigenvalue weighted by atomic mass is 9.44. The second kappa shape index (κ2) is 6.47. The van der Waals surface area contributed by atoms with Crippen LogP contribution < -0.4 is 0 Å². The highest BCUT2D eigenvalue weighted by atomic mass is 16.7.